The molecule has 0 aliphatic carbocycles. The maximum absolute atomic E-state index is 12.5. The number of halogens is 4. The van der Waals surface area contributed by atoms with Gasteiger partial charge >= 0.3 is 6.18 Å². The minimum atomic E-state index is -4.48. The van der Waals surface area contributed by atoms with Gasteiger partial charge in [-0.25, -0.2) is 0 Å². The summed E-state index contributed by atoms with van der Waals surface area (Å²) in [6.07, 6.45) is -4.71. The Kier molecular flexibility index (Phi) is 3.39. The van der Waals surface area contributed by atoms with Crippen LogP contribution in [0.5, 0.6) is 0 Å². The van der Waals surface area contributed by atoms with Gasteiger partial charge in [0.1, 0.15) is 5.78 Å². The Balaban J connectivity index is 3.20. The van der Waals surface area contributed by atoms with Crippen LogP contribution in [0, 0.1) is 0 Å². The lowest BCUT2D eigenvalue weighted by Gasteiger charge is -2.11. The minimum absolute atomic E-state index is 0.00891. The van der Waals surface area contributed by atoms with Crippen molar-refractivity contribution in [2.75, 3.05) is 0 Å². The standard InChI is InChI=1S/C10H8ClF3O/c1-6(15)4-7-2-3-8(11)5-9(7)10(12,13)14/h2-3,5H,4H2,1H3. The Morgan fingerprint density at radius 2 is 2.00 bits per heavy atom. The van der Waals surface area contributed by atoms with E-state index in [0.29, 0.717) is 0 Å². The predicted molar refractivity (Wildman–Crippen MR) is 50.8 cm³/mol. The monoisotopic (exact) mass is 236 g/mol. The summed E-state index contributed by atoms with van der Waals surface area (Å²) >= 11 is 5.47. The van der Waals surface area contributed by atoms with Gasteiger partial charge in [-0.1, -0.05) is 17.7 Å². The second kappa shape index (κ2) is 4.23. The molecule has 0 fully saturated rings. The van der Waals surface area contributed by atoms with E-state index in [4.69, 9.17) is 11.6 Å². The predicted octanol–water partition coefficient (Wildman–Crippen LogP) is 3.49. The molecule has 0 aromatic heterocycles. The molecule has 0 amide bonds. The average Bonchev–Trinajstić information content (AvgIpc) is 2.05. The molecule has 0 atom stereocenters. The maximum Gasteiger partial charge on any atom is 0.416 e. The molecule has 1 aromatic carbocycles. The maximum atomic E-state index is 12.5. The summed E-state index contributed by atoms with van der Waals surface area (Å²) in [5, 5.41) is 0.00891. The Morgan fingerprint density at radius 3 is 2.47 bits per heavy atom. The number of hydrogen-bond donors (Lipinski definition) is 0. The van der Waals surface area contributed by atoms with Crippen LogP contribution in [0.1, 0.15) is 18.1 Å². The molecule has 1 aromatic rings. The number of carbonyl (C=O) groups is 1. The van der Waals surface area contributed by atoms with Crippen LogP contribution in [-0.4, -0.2) is 5.78 Å². The highest BCUT2D eigenvalue weighted by Gasteiger charge is 2.33. The number of benzene rings is 1. The van der Waals surface area contributed by atoms with Crippen LogP contribution >= 0.6 is 11.6 Å². The summed E-state index contributed by atoms with van der Waals surface area (Å²) in [6, 6.07) is 3.40. The SMILES string of the molecule is CC(=O)Cc1ccc(Cl)cc1C(F)(F)F. The molecule has 0 saturated carbocycles. The lowest BCUT2D eigenvalue weighted by molar-refractivity contribution is -0.138. The molecule has 0 N–H and O–H groups in total. The van der Waals surface area contributed by atoms with Crippen molar-refractivity contribution in [2.45, 2.75) is 19.5 Å². The van der Waals surface area contributed by atoms with Gasteiger partial charge in [-0.15, -0.1) is 0 Å². The van der Waals surface area contributed by atoms with Crippen molar-refractivity contribution in [3.8, 4) is 0 Å². The summed E-state index contributed by atoms with van der Waals surface area (Å²) in [5.74, 6) is -0.317. The van der Waals surface area contributed by atoms with Crippen molar-refractivity contribution in [1.82, 2.24) is 0 Å². The molecule has 5 heteroatoms. The van der Waals surface area contributed by atoms with Gasteiger partial charge in [0.05, 0.1) is 5.56 Å². The third kappa shape index (κ3) is 3.23. The molecule has 0 aliphatic rings. The first-order valence-corrected chi connectivity index (χ1v) is 4.53. The van der Waals surface area contributed by atoms with Crippen molar-refractivity contribution in [3.05, 3.63) is 34.3 Å². The molecule has 0 spiro atoms. The van der Waals surface area contributed by atoms with Gasteiger partial charge in [0.2, 0.25) is 0 Å². The van der Waals surface area contributed by atoms with Gasteiger partial charge in [0, 0.05) is 11.4 Å². The van der Waals surface area contributed by atoms with E-state index in [-0.39, 0.29) is 22.8 Å². The second-order valence-corrected chi connectivity index (χ2v) is 3.61. The van der Waals surface area contributed by atoms with E-state index >= 15 is 0 Å². The zero-order valence-corrected chi connectivity index (χ0v) is 8.62. The van der Waals surface area contributed by atoms with E-state index in [9.17, 15) is 18.0 Å². The molecule has 0 saturated heterocycles. The van der Waals surface area contributed by atoms with E-state index in [1.807, 2.05) is 0 Å². The molecule has 1 rings (SSSR count). The Morgan fingerprint density at radius 1 is 1.40 bits per heavy atom. The Labute approximate surface area is 89.9 Å². The fourth-order valence-electron chi connectivity index (χ4n) is 1.23. The van der Waals surface area contributed by atoms with Gasteiger partial charge in [-0.2, -0.15) is 13.2 Å². The van der Waals surface area contributed by atoms with Crippen LogP contribution in [0.2, 0.25) is 5.02 Å². The van der Waals surface area contributed by atoms with Crippen molar-refractivity contribution in [2.24, 2.45) is 0 Å². The first kappa shape index (κ1) is 12.0. The van der Waals surface area contributed by atoms with Crippen LogP contribution in [0.25, 0.3) is 0 Å². The Hall–Kier alpha value is -1.03. The summed E-state index contributed by atoms with van der Waals surface area (Å²) in [6.45, 7) is 1.24. The lowest BCUT2D eigenvalue weighted by atomic mass is 10.0. The van der Waals surface area contributed by atoms with E-state index in [2.05, 4.69) is 0 Å². The number of hydrogen-bond acceptors (Lipinski definition) is 1. The molecule has 0 heterocycles. The number of alkyl halides is 3. The smallest absolute Gasteiger partial charge is 0.300 e. The molecule has 0 aliphatic heterocycles. The van der Waals surface area contributed by atoms with E-state index in [1.54, 1.807) is 0 Å². The molecule has 0 unspecified atom stereocenters. The second-order valence-electron chi connectivity index (χ2n) is 3.18. The molecule has 0 bridgehead atoms. The fraction of sp³-hybridized carbons (Fsp3) is 0.300. The third-order valence-corrected chi connectivity index (χ3v) is 2.05. The zero-order chi connectivity index (χ0) is 11.6. The van der Waals surface area contributed by atoms with E-state index in [0.717, 1.165) is 6.07 Å². The highest BCUT2D eigenvalue weighted by atomic mass is 35.5. The number of ketones is 1. The first-order valence-electron chi connectivity index (χ1n) is 4.16. The summed E-state index contributed by atoms with van der Waals surface area (Å²) < 4.78 is 37.5. The van der Waals surface area contributed by atoms with Gasteiger partial charge in [-0.3, -0.25) is 4.79 Å². The van der Waals surface area contributed by atoms with Crippen LogP contribution in [0.4, 0.5) is 13.2 Å². The Bertz CT molecular complexity index is 385. The normalized spacial score (nSPS) is 11.5. The minimum Gasteiger partial charge on any atom is -0.300 e. The average molecular weight is 237 g/mol. The fourth-order valence-corrected chi connectivity index (χ4v) is 1.41. The molecular formula is C10H8ClF3O. The number of rotatable bonds is 2. The molecule has 1 nitrogen and oxygen atoms in total. The van der Waals surface area contributed by atoms with Gasteiger partial charge in [0.15, 0.2) is 0 Å². The third-order valence-electron chi connectivity index (χ3n) is 1.82. The summed E-state index contributed by atoms with van der Waals surface area (Å²) in [4.78, 5) is 10.8. The van der Waals surface area contributed by atoms with Gasteiger partial charge in [0.25, 0.3) is 0 Å². The number of carbonyl (C=O) groups excluding carboxylic acids is 1. The largest absolute Gasteiger partial charge is 0.416 e. The lowest BCUT2D eigenvalue weighted by Crippen LogP contribution is -2.11. The molecular weight excluding hydrogens is 229 g/mol. The van der Waals surface area contributed by atoms with Crippen LogP contribution in [0.3, 0.4) is 0 Å². The van der Waals surface area contributed by atoms with Gasteiger partial charge < -0.3 is 0 Å². The topological polar surface area (TPSA) is 17.1 Å². The number of Topliss-reactive ketones (excluding diaryl/α,β-unsaturated/α-hetero) is 1. The van der Waals surface area contributed by atoms with Crippen molar-refractivity contribution in [3.63, 3.8) is 0 Å². The van der Waals surface area contributed by atoms with Gasteiger partial charge in [-0.05, 0) is 24.6 Å². The van der Waals surface area contributed by atoms with Crippen molar-refractivity contribution < 1.29 is 18.0 Å². The first-order chi connectivity index (χ1) is 6.80. The summed E-state index contributed by atoms with van der Waals surface area (Å²) in [5.41, 5.74) is -0.885. The summed E-state index contributed by atoms with van der Waals surface area (Å²) in [7, 11) is 0. The van der Waals surface area contributed by atoms with Crippen molar-refractivity contribution >= 4 is 17.4 Å². The molecule has 82 valence electrons. The van der Waals surface area contributed by atoms with Crippen LogP contribution in [-0.2, 0) is 17.4 Å². The zero-order valence-electron chi connectivity index (χ0n) is 7.86. The van der Waals surface area contributed by atoms with Crippen molar-refractivity contribution in [1.29, 1.82) is 0 Å². The van der Waals surface area contributed by atoms with E-state index in [1.165, 1.54) is 19.1 Å². The van der Waals surface area contributed by atoms with E-state index < -0.39 is 11.7 Å². The molecule has 15 heavy (non-hydrogen) atoms. The quantitative estimate of drug-likeness (QED) is 0.768. The van der Waals surface area contributed by atoms with Crippen LogP contribution < -0.4 is 0 Å². The molecule has 0 radical (unpaired) electrons. The van der Waals surface area contributed by atoms with Crippen LogP contribution in [0.15, 0.2) is 18.2 Å². The highest BCUT2D eigenvalue weighted by molar-refractivity contribution is 6.30. The highest BCUT2D eigenvalue weighted by Crippen LogP contribution is 2.33.